The van der Waals surface area contributed by atoms with E-state index in [1.165, 1.54) is 0 Å². The summed E-state index contributed by atoms with van der Waals surface area (Å²) in [6.45, 7) is 1.88. The third-order valence-electron chi connectivity index (χ3n) is 3.92. The average molecular weight is 243 g/mol. The number of hydrogen-bond donors (Lipinski definition) is 1. The number of piperidine rings is 1. The maximum atomic E-state index is 14.7. The van der Waals surface area contributed by atoms with Crippen LogP contribution in [0, 0.1) is 5.92 Å². The van der Waals surface area contributed by atoms with Crippen molar-refractivity contribution >= 4 is 10.8 Å². The van der Waals surface area contributed by atoms with E-state index >= 15 is 0 Å². The molecule has 2 heteroatoms. The van der Waals surface area contributed by atoms with E-state index in [0.29, 0.717) is 0 Å². The van der Waals surface area contributed by atoms with Crippen LogP contribution < -0.4 is 5.32 Å². The van der Waals surface area contributed by atoms with Crippen molar-refractivity contribution in [1.82, 2.24) is 5.32 Å². The lowest BCUT2D eigenvalue weighted by Crippen LogP contribution is -2.29. The van der Waals surface area contributed by atoms with Crippen LogP contribution >= 0.6 is 0 Å². The van der Waals surface area contributed by atoms with Crippen LogP contribution in [0.2, 0.25) is 0 Å². The molecule has 1 aliphatic heterocycles. The van der Waals surface area contributed by atoms with Crippen molar-refractivity contribution in [3.63, 3.8) is 0 Å². The van der Waals surface area contributed by atoms with Crippen LogP contribution in [0.4, 0.5) is 4.39 Å². The Morgan fingerprint density at radius 2 is 1.72 bits per heavy atom. The third kappa shape index (κ3) is 2.13. The average Bonchev–Trinajstić information content (AvgIpc) is 2.47. The minimum absolute atomic E-state index is 0.164. The first kappa shape index (κ1) is 11.7. The molecule has 0 bridgehead atoms. The van der Waals surface area contributed by atoms with Gasteiger partial charge in [-0.15, -0.1) is 0 Å². The zero-order valence-electron chi connectivity index (χ0n) is 10.4. The highest BCUT2D eigenvalue weighted by atomic mass is 19.1. The van der Waals surface area contributed by atoms with Crippen molar-refractivity contribution in [2.24, 2.45) is 5.92 Å². The monoisotopic (exact) mass is 243 g/mol. The number of rotatable bonds is 2. The number of nitrogens with one attached hydrogen (secondary N) is 1. The predicted molar refractivity (Wildman–Crippen MR) is 73.4 cm³/mol. The first-order valence-corrected chi connectivity index (χ1v) is 6.69. The Bertz CT molecular complexity index is 526. The molecule has 0 aliphatic carbocycles. The summed E-state index contributed by atoms with van der Waals surface area (Å²) in [6, 6.07) is 14.0. The summed E-state index contributed by atoms with van der Waals surface area (Å²) < 4.78 is 14.7. The molecule has 0 spiro atoms. The van der Waals surface area contributed by atoms with Crippen LogP contribution in [0.1, 0.15) is 24.6 Å². The van der Waals surface area contributed by atoms with Gasteiger partial charge in [-0.1, -0.05) is 42.5 Å². The second-order valence-corrected chi connectivity index (χ2v) is 5.06. The molecule has 1 N–H and O–H groups in total. The molecule has 1 unspecified atom stereocenters. The van der Waals surface area contributed by atoms with Gasteiger partial charge in [0.15, 0.2) is 0 Å². The minimum Gasteiger partial charge on any atom is -0.317 e. The second kappa shape index (κ2) is 5.07. The molecule has 18 heavy (non-hydrogen) atoms. The highest BCUT2D eigenvalue weighted by molar-refractivity contribution is 5.86. The zero-order valence-corrected chi connectivity index (χ0v) is 10.4. The number of hydrogen-bond acceptors (Lipinski definition) is 1. The molecule has 3 rings (SSSR count). The molecule has 1 fully saturated rings. The van der Waals surface area contributed by atoms with Gasteiger partial charge in [0, 0.05) is 0 Å². The Morgan fingerprint density at radius 1 is 1.00 bits per heavy atom. The lowest BCUT2D eigenvalue weighted by atomic mass is 9.87. The van der Waals surface area contributed by atoms with Gasteiger partial charge >= 0.3 is 0 Å². The molecule has 1 atom stereocenters. The molecular weight excluding hydrogens is 225 g/mol. The van der Waals surface area contributed by atoms with Gasteiger partial charge in [0.1, 0.15) is 6.17 Å². The molecule has 1 aliphatic rings. The van der Waals surface area contributed by atoms with E-state index in [-0.39, 0.29) is 5.92 Å². The van der Waals surface area contributed by atoms with E-state index in [0.717, 1.165) is 42.3 Å². The van der Waals surface area contributed by atoms with Crippen LogP contribution in [0.25, 0.3) is 10.8 Å². The normalized spacial score (nSPS) is 18.9. The van der Waals surface area contributed by atoms with Crippen molar-refractivity contribution in [3.05, 3.63) is 48.0 Å². The lowest BCUT2D eigenvalue weighted by Gasteiger charge is -2.26. The number of benzene rings is 2. The van der Waals surface area contributed by atoms with Crippen molar-refractivity contribution in [2.75, 3.05) is 13.1 Å². The molecule has 1 heterocycles. The molecule has 2 aromatic carbocycles. The Labute approximate surface area is 107 Å². The summed E-state index contributed by atoms with van der Waals surface area (Å²) >= 11 is 0. The van der Waals surface area contributed by atoms with Crippen LogP contribution in [-0.4, -0.2) is 13.1 Å². The Hall–Kier alpha value is -1.41. The summed E-state index contributed by atoms with van der Waals surface area (Å²) in [5.41, 5.74) is 0.861. The molecular formula is C16H18FN. The van der Waals surface area contributed by atoms with E-state index in [9.17, 15) is 4.39 Å². The molecule has 0 aromatic heterocycles. The molecule has 2 aromatic rings. The van der Waals surface area contributed by atoms with Gasteiger partial charge in [-0.05, 0) is 48.2 Å². The van der Waals surface area contributed by atoms with Crippen molar-refractivity contribution < 1.29 is 4.39 Å². The highest BCUT2D eigenvalue weighted by Crippen LogP contribution is 2.35. The molecule has 0 saturated carbocycles. The van der Waals surface area contributed by atoms with Gasteiger partial charge < -0.3 is 5.32 Å². The summed E-state index contributed by atoms with van der Waals surface area (Å²) in [5, 5.41) is 5.48. The lowest BCUT2D eigenvalue weighted by molar-refractivity contribution is 0.192. The molecule has 1 nitrogen and oxygen atoms in total. The zero-order chi connectivity index (χ0) is 12.4. The number of halogens is 1. The predicted octanol–water partition coefficient (Wildman–Crippen LogP) is 3.85. The quantitative estimate of drug-likeness (QED) is 0.844. The Balaban J connectivity index is 1.97. The van der Waals surface area contributed by atoms with Gasteiger partial charge in [-0.2, -0.15) is 0 Å². The fourth-order valence-corrected chi connectivity index (χ4v) is 2.88. The fraction of sp³-hybridized carbons (Fsp3) is 0.375. The van der Waals surface area contributed by atoms with E-state index in [4.69, 9.17) is 0 Å². The second-order valence-electron chi connectivity index (χ2n) is 5.06. The van der Waals surface area contributed by atoms with Crippen LogP contribution in [0.15, 0.2) is 42.5 Å². The van der Waals surface area contributed by atoms with Gasteiger partial charge in [-0.25, -0.2) is 4.39 Å². The summed E-state index contributed by atoms with van der Waals surface area (Å²) in [6.07, 6.45) is 1.03. The van der Waals surface area contributed by atoms with Gasteiger partial charge in [0.2, 0.25) is 0 Å². The first-order valence-electron chi connectivity index (χ1n) is 6.69. The third-order valence-corrected chi connectivity index (χ3v) is 3.92. The fourth-order valence-electron chi connectivity index (χ4n) is 2.88. The smallest absolute Gasteiger partial charge is 0.129 e. The standard InChI is InChI=1S/C16H18FN/c17-16(13-8-10-18-11-9-13)15-7-3-5-12-4-1-2-6-14(12)15/h1-7,13,16,18H,8-11H2. The summed E-state index contributed by atoms with van der Waals surface area (Å²) in [4.78, 5) is 0. The van der Waals surface area contributed by atoms with Crippen molar-refractivity contribution in [1.29, 1.82) is 0 Å². The van der Waals surface area contributed by atoms with Gasteiger partial charge in [0.05, 0.1) is 0 Å². The Kier molecular flexibility index (Phi) is 3.28. The van der Waals surface area contributed by atoms with Crippen molar-refractivity contribution in [3.8, 4) is 0 Å². The van der Waals surface area contributed by atoms with E-state index in [1.54, 1.807) is 0 Å². The van der Waals surface area contributed by atoms with E-state index in [2.05, 4.69) is 5.32 Å². The van der Waals surface area contributed by atoms with E-state index < -0.39 is 6.17 Å². The molecule has 0 amide bonds. The summed E-state index contributed by atoms with van der Waals surface area (Å²) in [7, 11) is 0. The first-order chi connectivity index (χ1) is 8.86. The van der Waals surface area contributed by atoms with Crippen LogP contribution in [-0.2, 0) is 0 Å². The molecule has 0 radical (unpaired) electrons. The number of fused-ring (bicyclic) bond motifs is 1. The van der Waals surface area contributed by atoms with Crippen LogP contribution in [0.3, 0.4) is 0 Å². The SMILES string of the molecule is FC(c1cccc2ccccc12)C1CCNCC1. The largest absolute Gasteiger partial charge is 0.317 e. The highest BCUT2D eigenvalue weighted by Gasteiger charge is 2.25. The molecule has 1 saturated heterocycles. The Morgan fingerprint density at radius 3 is 2.56 bits per heavy atom. The van der Waals surface area contributed by atoms with Gasteiger partial charge in [-0.3, -0.25) is 0 Å². The molecule has 94 valence electrons. The van der Waals surface area contributed by atoms with E-state index in [1.807, 2.05) is 42.5 Å². The maximum Gasteiger partial charge on any atom is 0.129 e. The topological polar surface area (TPSA) is 12.0 Å². The maximum absolute atomic E-state index is 14.7. The summed E-state index contributed by atoms with van der Waals surface area (Å²) in [5.74, 6) is 0.164. The number of alkyl halides is 1. The van der Waals surface area contributed by atoms with Crippen molar-refractivity contribution in [2.45, 2.75) is 19.0 Å². The minimum atomic E-state index is -0.835. The van der Waals surface area contributed by atoms with Crippen LogP contribution in [0.5, 0.6) is 0 Å². The van der Waals surface area contributed by atoms with Gasteiger partial charge in [0.25, 0.3) is 0 Å².